The summed E-state index contributed by atoms with van der Waals surface area (Å²) in [5.41, 5.74) is 10.7. The molecule has 0 heterocycles. The van der Waals surface area contributed by atoms with Crippen molar-refractivity contribution >= 4 is 17.7 Å². The van der Waals surface area contributed by atoms with Crippen molar-refractivity contribution < 1.29 is 14.3 Å². The average molecular weight is 416 g/mol. The predicted octanol–water partition coefficient (Wildman–Crippen LogP) is 4.54. The Morgan fingerprint density at radius 3 is 2.60 bits per heavy atom. The Balaban J connectivity index is 1.54. The minimum Gasteiger partial charge on any atom is -0.462 e. The Hall–Kier alpha value is -1.85. The van der Waals surface area contributed by atoms with Gasteiger partial charge < -0.3 is 10.5 Å². The molecule has 4 rings (SSSR count). The summed E-state index contributed by atoms with van der Waals surface area (Å²) in [7, 11) is 0. The van der Waals surface area contributed by atoms with Crippen molar-refractivity contribution in [3.63, 3.8) is 0 Å². The third-order valence-electron chi connectivity index (χ3n) is 9.24. The summed E-state index contributed by atoms with van der Waals surface area (Å²) in [5, 5.41) is 4.30. The molecule has 7 atom stereocenters. The highest BCUT2D eigenvalue weighted by atomic mass is 16.5. The molecule has 0 bridgehead atoms. The summed E-state index contributed by atoms with van der Waals surface area (Å²) < 4.78 is 5.56. The van der Waals surface area contributed by atoms with E-state index in [0.717, 1.165) is 37.8 Å². The number of carbonyl (C=O) groups excluding carboxylic acids is 2. The van der Waals surface area contributed by atoms with Crippen LogP contribution in [0.5, 0.6) is 0 Å². The number of hydrazone groups is 1. The third kappa shape index (κ3) is 3.46. The molecule has 0 saturated heterocycles. The van der Waals surface area contributed by atoms with Crippen LogP contribution in [0.1, 0.15) is 79.1 Å². The maximum Gasteiger partial charge on any atom is 0.332 e. The van der Waals surface area contributed by atoms with Crippen LogP contribution in [0.25, 0.3) is 0 Å². The van der Waals surface area contributed by atoms with Crippen LogP contribution in [0.3, 0.4) is 0 Å². The van der Waals surface area contributed by atoms with E-state index in [1.165, 1.54) is 31.8 Å². The van der Waals surface area contributed by atoms with Crippen LogP contribution in [0.15, 0.2) is 16.8 Å². The van der Waals surface area contributed by atoms with Crippen molar-refractivity contribution in [2.45, 2.75) is 85.2 Å². The van der Waals surface area contributed by atoms with Gasteiger partial charge in [0.05, 0.1) is 0 Å². The predicted molar refractivity (Wildman–Crippen MR) is 117 cm³/mol. The number of nitrogens with zero attached hydrogens (tertiary/aromatic N) is 1. The fourth-order valence-electron chi connectivity index (χ4n) is 7.87. The van der Waals surface area contributed by atoms with Gasteiger partial charge in [0.1, 0.15) is 6.10 Å². The number of hydrogen-bond donors (Lipinski definition) is 2. The molecule has 30 heavy (non-hydrogen) atoms. The summed E-state index contributed by atoms with van der Waals surface area (Å²) >= 11 is 0. The van der Waals surface area contributed by atoms with Gasteiger partial charge in [-0.05, 0) is 80.5 Å². The van der Waals surface area contributed by atoms with Gasteiger partial charge in [-0.3, -0.25) is 4.79 Å². The zero-order chi connectivity index (χ0) is 21.7. The van der Waals surface area contributed by atoms with Crippen molar-refractivity contribution in [1.82, 2.24) is 5.43 Å². The Bertz CT molecular complexity index is 791. The normalized spacial score (nSPS) is 43.0. The zero-order valence-electron chi connectivity index (χ0n) is 18.9. The van der Waals surface area contributed by atoms with E-state index in [-0.39, 0.29) is 22.9 Å². The first-order valence-electron chi connectivity index (χ1n) is 11.6. The number of esters is 1. The lowest BCUT2D eigenvalue weighted by molar-refractivity contribution is -0.148. The van der Waals surface area contributed by atoms with Crippen molar-refractivity contribution in [3.8, 4) is 0 Å². The first-order valence-corrected chi connectivity index (χ1v) is 11.6. The molecule has 3 fully saturated rings. The van der Waals surface area contributed by atoms with Gasteiger partial charge in [0.2, 0.25) is 0 Å². The van der Waals surface area contributed by atoms with Crippen molar-refractivity contribution in [2.75, 3.05) is 0 Å². The highest BCUT2D eigenvalue weighted by molar-refractivity contribution is 5.86. The molecule has 0 aliphatic heterocycles. The molecule has 2 amide bonds. The smallest absolute Gasteiger partial charge is 0.332 e. The van der Waals surface area contributed by atoms with Gasteiger partial charge in [-0.1, -0.05) is 25.5 Å². The average Bonchev–Trinajstić information content (AvgIpc) is 3.03. The quantitative estimate of drug-likeness (QED) is 0.307. The number of ether oxygens (including phenoxy) is 1. The summed E-state index contributed by atoms with van der Waals surface area (Å²) in [5.74, 6) is 2.37. The SMILES string of the molecule is CC(=O)O[C@@H]1CC[C@@]2(C)C(=CC[C@@H]3[C@H]4CC[C@@H](/C(C)=N\NC(N)=O)[C@]4(C)CC[C@H]32)C1. The van der Waals surface area contributed by atoms with Crippen LogP contribution in [0.4, 0.5) is 4.79 Å². The molecule has 6 heteroatoms. The molecule has 3 N–H and O–H groups in total. The number of hydrogen-bond acceptors (Lipinski definition) is 4. The van der Waals surface area contributed by atoms with Crippen LogP contribution in [-0.4, -0.2) is 23.8 Å². The van der Waals surface area contributed by atoms with E-state index in [1.807, 2.05) is 6.92 Å². The molecule has 0 unspecified atom stereocenters. The second kappa shape index (κ2) is 7.69. The Labute approximate surface area is 180 Å². The number of fused-ring (bicyclic) bond motifs is 5. The minimum atomic E-state index is -0.597. The first kappa shape index (κ1) is 21.4. The Kier molecular flexibility index (Phi) is 5.48. The molecule has 3 saturated carbocycles. The molecule has 0 aromatic heterocycles. The first-order chi connectivity index (χ1) is 14.1. The maximum absolute atomic E-state index is 11.4. The fraction of sp³-hybridized carbons (Fsp3) is 0.792. The van der Waals surface area contributed by atoms with Crippen LogP contribution >= 0.6 is 0 Å². The van der Waals surface area contributed by atoms with E-state index in [1.54, 1.807) is 0 Å². The van der Waals surface area contributed by atoms with Crippen LogP contribution in [-0.2, 0) is 9.53 Å². The molecular weight excluding hydrogens is 378 g/mol. The van der Waals surface area contributed by atoms with Crippen LogP contribution in [0.2, 0.25) is 0 Å². The van der Waals surface area contributed by atoms with Gasteiger partial charge in [0.15, 0.2) is 0 Å². The molecule has 0 aromatic carbocycles. The monoisotopic (exact) mass is 415 g/mol. The molecule has 0 radical (unpaired) electrons. The Morgan fingerprint density at radius 2 is 1.90 bits per heavy atom. The van der Waals surface area contributed by atoms with Crippen LogP contribution < -0.4 is 11.2 Å². The van der Waals surface area contributed by atoms with E-state index in [9.17, 15) is 9.59 Å². The third-order valence-corrected chi connectivity index (χ3v) is 9.24. The van der Waals surface area contributed by atoms with Gasteiger partial charge in [0, 0.05) is 25.0 Å². The standard InChI is InChI=1S/C24H37N3O3/c1-14(26-27-22(25)29)19-7-8-20-18-6-5-16-13-17(30-15(2)28)9-11-23(16,3)21(18)10-12-24(19,20)4/h5,17-21H,6-13H2,1-4H3,(H3,25,27,29)/b26-14-/t17-,18-,19+,20-,21-,23+,24+/m1/s1. The topological polar surface area (TPSA) is 93.8 Å². The molecule has 0 spiro atoms. The largest absolute Gasteiger partial charge is 0.462 e. The van der Waals surface area contributed by atoms with Gasteiger partial charge in [0.25, 0.3) is 0 Å². The molecular formula is C24H37N3O3. The summed E-state index contributed by atoms with van der Waals surface area (Å²) in [6, 6.07) is -0.597. The number of carbonyl (C=O) groups is 2. The molecule has 166 valence electrons. The summed E-state index contributed by atoms with van der Waals surface area (Å²) in [6.07, 6.45) is 11.5. The maximum atomic E-state index is 11.4. The lowest BCUT2D eigenvalue weighted by Gasteiger charge is -2.58. The molecule has 6 nitrogen and oxygen atoms in total. The number of rotatable bonds is 3. The fourth-order valence-corrected chi connectivity index (χ4v) is 7.87. The van der Waals surface area contributed by atoms with Gasteiger partial charge in [-0.2, -0.15) is 5.10 Å². The van der Waals surface area contributed by atoms with Crippen molar-refractivity contribution in [1.29, 1.82) is 0 Å². The van der Waals surface area contributed by atoms with Gasteiger partial charge >= 0.3 is 12.0 Å². The number of urea groups is 1. The van der Waals surface area contributed by atoms with Gasteiger partial charge in [-0.25, -0.2) is 10.2 Å². The molecule has 4 aliphatic carbocycles. The van der Waals surface area contributed by atoms with E-state index < -0.39 is 6.03 Å². The molecule has 0 aromatic rings. The number of primary amides is 1. The summed E-state index contributed by atoms with van der Waals surface area (Å²) in [4.78, 5) is 22.5. The molecule has 4 aliphatic rings. The number of allylic oxidation sites excluding steroid dienone is 1. The second-order valence-electron chi connectivity index (χ2n) is 10.6. The number of nitrogens with one attached hydrogen (secondary N) is 1. The lowest BCUT2D eigenvalue weighted by Crippen LogP contribution is -2.51. The van der Waals surface area contributed by atoms with Crippen molar-refractivity contribution in [2.24, 2.45) is 45.3 Å². The minimum absolute atomic E-state index is 0.0553. The van der Waals surface area contributed by atoms with E-state index in [2.05, 4.69) is 30.5 Å². The summed E-state index contributed by atoms with van der Waals surface area (Å²) in [6.45, 7) is 8.48. The number of amides is 2. The highest BCUT2D eigenvalue weighted by Gasteiger charge is 2.59. The highest BCUT2D eigenvalue weighted by Crippen LogP contribution is 2.66. The van der Waals surface area contributed by atoms with E-state index in [0.29, 0.717) is 23.7 Å². The van der Waals surface area contributed by atoms with E-state index in [4.69, 9.17) is 10.5 Å². The van der Waals surface area contributed by atoms with Crippen LogP contribution in [0, 0.1) is 34.5 Å². The number of nitrogens with two attached hydrogens (primary N) is 1. The van der Waals surface area contributed by atoms with Gasteiger partial charge in [-0.15, -0.1) is 0 Å². The zero-order valence-corrected chi connectivity index (χ0v) is 18.9. The lowest BCUT2D eigenvalue weighted by atomic mass is 9.47. The Morgan fingerprint density at radius 1 is 1.13 bits per heavy atom. The van der Waals surface area contributed by atoms with E-state index >= 15 is 0 Å². The van der Waals surface area contributed by atoms with Crippen molar-refractivity contribution in [3.05, 3.63) is 11.6 Å². The second-order valence-corrected chi connectivity index (χ2v) is 10.6.